The fourth-order valence-corrected chi connectivity index (χ4v) is 6.33. The second-order valence-electron chi connectivity index (χ2n) is 9.85. The molecule has 1 saturated heterocycles. The van der Waals surface area contributed by atoms with Gasteiger partial charge in [0.15, 0.2) is 16.2 Å². The van der Waals surface area contributed by atoms with E-state index in [9.17, 15) is 18.3 Å². The van der Waals surface area contributed by atoms with E-state index in [2.05, 4.69) is 16.0 Å². The number of sulfone groups is 1. The van der Waals surface area contributed by atoms with Crippen LogP contribution >= 0.6 is 0 Å². The predicted molar refractivity (Wildman–Crippen MR) is 152 cm³/mol. The van der Waals surface area contributed by atoms with Gasteiger partial charge in [-0.15, -0.1) is 0 Å². The van der Waals surface area contributed by atoms with Crippen molar-refractivity contribution in [1.29, 1.82) is 0 Å². The van der Waals surface area contributed by atoms with Crippen LogP contribution in [0.25, 0.3) is 10.8 Å². The number of rotatable bonds is 12. The first-order valence-corrected chi connectivity index (χ1v) is 15.0. The predicted octanol–water partition coefficient (Wildman–Crippen LogP) is 3.85. The molecule has 3 aromatic carbocycles. The van der Waals surface area contributed by atoms with Crippen molar-refractivity contribution in [3.05, 3.63) is 71.8 Å². The number of hydrogen-bond acceptors (Lipinski definition) is 7. The number of amides is 1. The molecule has 0 saturated carbocycles. The first kappa shape index (κ1) is 28.2. The van der Waals surface area contributed by atoms with Gasteiger partial charge in [0.1, 0.15) is 5.88 Å². The molecular formula is C29H38N4O4S. The summed E-state index contributed by atoms with van der Waals surface area (Å²) in [4.78, 5) is 15.2. The quantitative estimate of drug-likeness (QED) is 0.259. The zero-order valence-corrected chi connectivity index (χ0v) is 22.9. The number of carbonyl (C=O) groups excluding carboxylic acids is 1. The molecule has 4 N–H and O–H groups in total. The summed E-state index contributed by atoms with van der Waals surface area (Å²) in [6.07, 6.45) is 3.01. The van der Waals surface area contributed by atoms with Gasteiger partial charge in [-0.3, -0.25) is 15.0 Å². The second kappa shape index (κ2) is 12.8. The molecule has 3 aromatic rings. The van der Waals surface area contributed by atoms with E-state index in [1.807, 2.05) is 49.1 Å². The zero-order chi connectivity index (χ0) is 27.1. The summed E-state index contributed by atoms with van der Waals surface area (Å²) >= 11 is 0. The molecule has 4 rings (SSSR count). The Morgan fingerprint density at radius 3 is 2.37 bits per heavy atom. The highest BCUT2D eigenvalue weighted by atomic mass is 32.2. The third-order valence-corrected chi connectivity index (χ3v) is 8.79. The van der Waals surface area contributed by atoms with E-state index in [-0.39, 0.29) is 22.7 Å². The van der Waals surface area contributed by atoms with Crippen LogP contribution in [0.5, 0.6) is 0 Å². The Bertz CT molecular complexity index is 1360. The van der Waals surface area contributed by atoms with Gasteiger partial charge in [-0.05, 0) is 56.4 Å². The van der Waals surface area contributed by atoms with Crippen molar-refractivity contribution in [2.75, 3.05) is 30.8 Å². The molecular weight excluding hydrogens is 500 g/mol. The lowest BCUT2D eigenvalue weighted by Crippen LogP contribution is -2.45. The van der Waals surface area contributed by atoms with E-state index >= 15 is 0 Å². The average Bonchev–Trinajstić information content (AvgIpc) is 3.46. The molecule has 0 aromatic heterocycles. The number of nitrogens with one attached hydrogen (secondary N) is 3. The van der Waals surface area contributed by atoms with Crippen molar-refractivity contribution in [1.82, 2.24) is 15.5 Å². The molecule has 0 aliphatic carbocycles. The summed E-state index contributed by atoms with van der Waals surface area (Å²) in [6, 6.07) is 17.8. The first-order valence-electron chi connectivity index (χ1n) is 13.3. The van der Waals surface area contributed by atoms with E-state index in [1.165, 1.54) is 0 Å². The molecule has 2 unspecified atom stereocenters. The summed E-state index contributed by atoms with van der Waals surface area (Å²) in [5.41, 5.74) is 2.01. The lowest BCUT2D eigenvalue weighted by molar-refractivity contribution is -0.00736. The fraction of sp³-hybridized carbons (Fsp3) is 0.414. The van der Waals surface area contributed by atoms with Crippen LogP contribution in [0.1, 0.15) is 48.5 Å². The number of fused-ring (bicyclic) bond motifs is 1. The number of anilines is 1. The number of nitrogens with zero attached hydrogens (tertiary/aromatic N) is 1. The highest BCUT2D eigenvalue weighted by Gasteiger charge is 2.22. The number of benzene rings is 3. The van der Waals surface area contributed by atoms with Gasteiger partial charge in [0.05, 0.1) is 4.90 Å². The molecule has 1 fully saturated rings. The van der Waals surface area contributed by atoms with Crippen molar-refractivity contribution >= 4 is 32.2 Å². The van der Waals surface area contributed by atoms with Crippen LogP contribution in [0.3, 0.4) is 0 Å². The summed E-state index contributed by atoms with van der Waals surface area (Å²) in [5.74, 6) is -0.432. The maximum atomic E-state index is 13.4. The van der Waals surface area contributed by atoms with Crippen molar-refractivity contribution in [3.63, 3.8) is 0 Å². The molecule has 8 nitrogen and oxygen atoms in total. The number of aliphatic hydroxyl groups is 1. The minimum Gasteiger partial charge on any atom is -0.365 e. The topological polar surface area (TPSA) is 111 Å². The highest BCUT2D eigenvalue weighted by Crippen LogP contribution is 2.30. The smallest absolute Gasteiger partial charge is 0.255 e. The second-order valence-corrected chi connectivity index (χ2v) is 11.8. The van der Waals surface area contributed by atoms with Crippen molar-refractivity contribution in [3.8, 4) is 0 Å². The van der Waals surface area contributed by atoms with Crippen LogP contribution in [0.4, 0.5) is 5.69 Å². The normalized spacial score (nSPS) is 16.0. The van der Waals surface area contributed by atoms with Gasteiger partial charge in [0.2, 0.25) is 0 Å². The Morgan fingerprint density at radius 1 is 0.974 bits per heavy atom. The minimum absolute atomic E-state index is 0.0120. The SMILES string of the molecule is CCC(CCNC(O)N1CCCC1)NCS(=O)(=O)c1ccc(NC(=O)c2ccccc2C)c2ccccc12. The van der Waals surface area contributed by atoms with Gasteiger partial charge >= 0.3 is 0 Å². The number of aryl methyl sites for hydroxylation is 1. The van der Waals surface area contributed by atoms with Crippen molar-refractivity contribution in [2.24, 2.45) is 0 Å². The van der Waals surface area contributed by atoms with E-state index in [0.29, 0.717) is 35.0 Å². The van der Waals surface area contributed by atoms with Gasteiger partial charge in [-0.25, -0.2) is 8.42 Å². The summed E-state index contributed by atoms with van der Waals surface area (Å²) in [5, 5.41) is 20.8. The van der Waals surface area contributed by atoms with Crippen LogP contribution in [0.15, 0.2) is 65.6 Å². The van der Waals surface area contributed by atoms with Crippen LogP contribution in [0, 0.1) is 6.92 Å². The van der Waals surface area contributed by atoms with Crippen LogP contribution in [-0.2, 0) is 9.84 Å². The molecule has 204 valence electrons. The number of hydrogen-bond donors (Lipinski definition) is 4. The van der Waals surface area contributed by atoms with Gasteiger partial charge in [0, 0.05) is 47.7 Å². The lowest BCUT2D eigenvalue weighted by atomic mass is 10.1. The van der Waals surface area contributed by atoms with Crippen LogP contribution in [0.2, 0.25) is 0 Å². The maximum Gasteiger partial charge on any atom is 0.255 e. The summed E-state index contributed by atoms with van der Waals surface area (Å²) in [7, 11) is -3.65. The van der Waals surface area contributed by atoms with Crippen LogP contribution < -0.4 is 16.0 Å². The average molecular weight is 539 g/mol. The van der Waals surface area contributed by atoms with Gasteiger partial charge < -0.3 is 15.7 Å². The van der Waals surface area contributed by atoms with E-state index in [4.69, 9.17) is 0 Å². The Labute approximate surface area is 225 Å². The summed E-state index contributed by atoms with van der Waals surface area (Å²) in [6.45, 7) is 6.27. The Balaban J connectivity index is 1.43. The standard InChI is InChI=1S/C29H38N4O4S/c1-3-22(16-17-30-29(35)33-18-8-9-19-33)31-20-38(36,37)27-15-14-26(24-12-6-7-13-25(24)27)32-28(34)23-11-5-4-10-21(23)2/h4-7,10-15,22,29-31,35H,3,8-9,16-20H2,1-2H3,(H,32,34). The number of carbonyl (C=O) groups is 1. The molecule has 1 aliphatic rings. The fourth-order valence-electron chi connectivity index (χ4n) is 4.93. The molecule has 0 spiro atoms. The minimum atomic E-state index is -3.65. The Hall–Kier alpha value is -2.82. The third-order valence-electron chi connectivity index (χ3n) is 7.22. The van der Waals surface area contributed by atoms with E-state index < -0.39 is 16.2 Å². The molecule has 1 heterocycles. The largest absolute Gasteiger partial charge is 0.365 e. The molecule has 38 heavy (non-hydrogen) atoms. The van der Waals surface area contributed by atoms with Gasteiger partial charge in [0.25, 0.3) is 5.91 Å². The third kappa shape index (κ3) is 6.78. The number of likely N-dealkylation sites (tertiary alicyclic amines) is 1. The molecule has 9 heteroatoms. The molecule has 0 bridgehead atoms. The van der Waals surface area contributed by atoms with Crippen LogP contribution in [-0.4, -0.2) is 62.2 Å². The number of aliphatic hydroxyl groups excluding tert-OH is 1. The zero-order valence-electron chi connectivity index (χ0n) is 22.1. The molecule has 0 radical (unpaired) electrons. The van der Waals surface area contributed by atoms with Gasteiger partial charge in [-0.1, -0.05) is 49.4 Å². The van der Waals surface area contributed by atoms with Gasteiger partial charge in [-0.2, -0.15) is 0 Å². The maximum absolute atomic E-state index is 13.4. The molecule has 2 atom stereocenters. The van der Waals surface area contributed by atoms with E-state index in [0.717, 1.165) is 37.9 Å². The Kier molecular flexibility index (Phi) is 9.51. The van der Waals surface area contributed by atoms with Crippen molar-refractivity contribution < 1.29 is 18.3 Å². The first-order chi connectivity index (χ1) is 18.3. The highest BCUT2D eigenvalue weighted by molar-refractivity contribution is 7.91. The molecule has 1 amide bonds. The van der Waals surface area contributed by atoms with Crippen molar-refractivity contribution in [2.45, 2.75) is 56.8 Å². The van der Waals surface area contributed by atoms with E-state index in [1.54, 1.807) is 30.3 Å². The monoisotopic (exact) mass is 538 g/mol. The molecule has 1 aliphatic heterocycles. The summed E-state index contributed by atoms with van der Waals surface area (Å²) < 4.78 is 26.8. The Morgan fingerprint density at radius 2 is 1.66 bits per heavy atom. The lowest BCUT2D eigenvalue weighted by Gasteiger charge is -2.24.